The van der Waals surface area contributed by atoms with E-state index in [0.29, 0.717) is 31.1 Å². The van der Waals surface area contributed by atoms with Crippen LogP contribution in [-0.4, -0.2) is 41.1 Å². The maximum Gasteiger partial charge on any atom is 0.243 e. The molecule has 1 aliphatic carbocycles. The van der Waals surface area contributed by atoms with Gasteiger partial charge in [-0.25, -0.2) is 0 Å². The first-order valence-corrected chi connectivity index (χ1v) is 8.45. The number of nitrogens with one attached hydrogen (secondary N) is 2. The molecule has 1 heterocycles. The zero-order chi connectivity index (χ0) is 17.3. The Bertz CT molecular complexity index is 651. The van der Waals surface area contributed by atoms with Crippen molar-refractivity contribution in [1.29, 1.82) is 5.41 Å². The number of carbonyl (C=O) groups excluding carboxylic acids is 2. The van der Waals surface area contributed by atoms with Crippen LogP contribution in [0.2, 0.25) is 0 Å². The highest BCUT2D eigenvalue weighted by atomic mass is 16.2. The topological polar surface area (TPSA) is 99.3 Å². The zero-order valence-electron chi connectivity index (χ0n) is 13.9. The summed E-state index contributed by atoms with van der Waals surface area (Å²) in [4.78, 5) is 26.2. The molecule has 0 radical (unpaired) electrons. The number of benzene rings is 1. The van der Waals surface area contributed by atoms with Crippen LogP contribution < -0.4 is 11.1 Å². The molecule has 0 bridgehead atoms. The Hall–Kier alpha value is -2.21. The molecule has 1 aromatic carbocycles. The molecule has 3 rings (SSSR count). The monoisotopic (exact) mass is 328 g/mol. The first-order chi connectivity index (χ1) is 11.5. The fraction of sp³-hybridized carbons (Fsp3) is 0.500. The zero-order valence-corrected chi connectivity index (χ0v) is 13.9. The van der Waals surface area contributed by atoms with Crippen LogP contribution >= 0.6 is 0 Å². The Balaban J connectivity index is 1.51. The standard InChI is InChI=1S/C18H24N4O2/c1-11(19)13-4-2-12(3-5-13)10-21-17(23)15-8-9-22(15)18(24)16(20)14-6-7-14/h2-5,14-16,19H,6-10,20H2,1H3,(H,21,23)/t15-,16+/m0/s1. The summed E-state index contributed by atoms with van der Waals surface area (Å²) in [6.07, 6.45) is 2.73. The first kappa shape index (κ1) is 16.6. The first-order valence-electron chi connectivity index (χ1n) is 8.45. The van der Waals surface area contributed by atoms with Gasteiger partial charge in [0.05, 0.1) is 6.04 Å². The lowest BCUT2D eigenvalue weighted by Crippen LogP contribution is -2.61. The maximum absolute atomic E-state index is 12.3. The molecular formula is C18H24N4O2. The van der Waals surface area contributed by atoms with Gasteiger partial charge in [-0.15, -0.1) is 0 Å². The smallest absolute Gasteiger partial charge is 0.243 e. The summed E-state index contributed by atoms with van der Waals surface area (Å²) in [6, 6.07) is 6.72. The minimum atomic E-state index is -0.447. The summed E-state index contributed by atoms with van der Waals surface area (Å²) in [6.45, 7) is 2.78. The highest BCUT2D eigenvalue weighted by molar-refractivity contribution is 5.96. The molecule has 4 N–H and O–H groups in total. The fourth-order valence-corrected chi connectivity index (χ4v) is 2.95. The average molecular weight is 328 g/mol. The van der Waals surface area contributed by atoms with E-state index in [-0.39, 0.29) is 17.9 Å². The van der Waals surface area contributed by atoms with Crippen LogP contribution in [-0.2, 0) is 16.1 Å². The van der Waals surface area contributed by atoms with Crippen molar-refractivity contribution in [3.05, 3.63) is 35.4 Å². The lowest BCUT2D eigenvalue weighted by atomic mass is 9.99. The summed E-state index contributed by atoms with van der Waals surface area (Å²) >= 11 is 0. The number of likely N-dealkylation sites (tertiary alicyclic amines) is 1. The predicted octanol–water partition coefficient (Wildman–Crippen LogP) is 1.03. The Kier molecular flexibility index (Phi) is 4.66. The van der Waals surface area contributed by atoms with Crippen molar-refractivity contribution < 1.29 is 9.59 Å². The van der Waals surface area contributed by atoms with Crippen LogP contribution in [0.5, 0.6) is 0 Å². The van der Waals surface area contributed by atoms with Gasteiger partial charge in [0, 0.05) is 18.8 Å². The summed E-state index contributed by atoms with van der Waals surface area (Å²) in [5, 5.41) is 10.5. The molecule has 128 valence electrons. The Labute approximate surface area is 141 Å². The van der Waals surface area contributed by atoms with Crippen molar-refractivity contribution >= 4 is 17.5 Å². The van der Waals surface area contributed by atoms with Gasteiger partial charge < -0.3 is 21.4 Å². The van der Waals surface area contributed by atoms with Gasteiger partial charge in [0.25, 0.3) is 0 Å². The van der Waals surface area contributed by atoms with E-state index in [1.54, 1.807) is 11.8 Å². The van der Waals surface area contributed by atoms with Crippen molar-refractivity contribution in [3.63, 3.8) is 0 Å². The molecule has 2 fully saturated rings. The number of rotatable bonds is 6. The van der Waals surface area contributed by atoms with Crippen LogP contribution in [0.3, 0.4) is 0 Å². The average Bonchev–Trinajstić information content (AvgIpc) is 3.36. The molecule has 0 aromatic heterocycles. The van der Waals surface area contributed by atoms with Gasteiger partial charge in [-0.05, 0) is 43.2 Å². The number of amides is 2. The van der Waals surface area contributed by atoms with Crippen molar-refractivity contribution in [3.8, 4) is 0 Å². The van der Waals surface area contributed by atoms with Crippen molar-refractivity contribution in [2.45, 2.75) is 44.8 Å². The fourth-order valence-electron chi connectivity index (χ4n) is 2.95. The van der Waals surface area contributed by atoms with Gasteiger partial charge in [0.15, 0.2) is 0 Å². The van der Waals surface area contributed by atoms with Crippen molar-refractivity contribution in [1.82, 2.24) is 10.2 Å². The van der Waals surface area contributed by atoms with Crippen molar-refractivity contribution in [2.75, 3.05) is 6.54 Å². The largest absolute Gasteiger partial charge is 0.350 e. The highest BCUT2D eigenvalue weighted by Crippen LogP contribution is 2.33. The minimum absolute atomic E-state index is 0.0882. The Morgan fingerprint density at radius 2 is 1.96 bits per heavy atom. The van der Waals surface area contributed by atoms with Crippen LogP contribution in [0.4, 0.5) is 0 Å². The third-order valence-corrected chi connectivity index (χ3v) is 4.87. The number of hydrogen-bond donors (Lipinski definition) is 3. The number of hydrogen-bond acceptors (Lipinski definition) is 4. The number of nitrogens with zero attached hydrogens (tertiary/aromatic N) is 1. The summed E-state index contributed by atoms with van der Waals surface area (Å²) < 4.78 is 0. The quantitative estimate of drug-likeness (QED) is 0.680. The molecule has 1 aromatic rings. The van der Waals surface area contributed by atoms with Gasteiger partial charge in [-0.2, -0.15) is 0 Å². The molecule has 1 aliphatic heterocycles. The normalized spacial score (nSPS) is 20.9. The van der Waals surface area contributed by atoms with E-state index >= 15 is 0 Å². The summed E-state index contributed by atoms with van der Waals surface area (Å²) in [7, 11) is 0. The van der Waals surface area contributed by atoms with Gasteiger partial charge >= 0.3 is 0 Å². The second kappa shape index (κ2) is 6.73. The Morgan fingerprint density at radius 3 is 2.46 bits per heavy atom. The van der Waals surface area contributed by atoms with Crippen LogP contribution in [0.1, 0.15) is 37.3 Å². The van der Waals surface area contributed by atoms with Gasteiger partial charge in [-0.1, -0.05) is 24.3 Å². The molecule has 0 spiro atoms. The lowest BCUT2D eigenvalue weighted by molar-refractivity contribution is -0.148. The van der Waals surface area contributed by atoms with Crippen molar-refractivity contribution in [2.24, 2.45) is 11.7 Å². The lowest BCUT2D eigenvalue weighted by Gasteiger charge is -2.41. The minimum Gasteiger partial charge on any atom is -0.350 e. The number of carbonyl (C=O) groups is 2. The third-order valence-electron chi connectivity index (χ3n) is 4.87. The molecule has 6 nitrogen and oxygen atoms in total. The van der Waals surface area contributed by atoms with E-state index < -0.39 is 6.04 Å². The molecule has 1 saturated carbocycles. The molecule has 1 saturated heterocycles. The second-order valence-electron chi connectivity index (χ2n) is 6.74. The van der Waals surface area contributed by atoms with Gasteiger partial charge in [0.2, 0.25) is 11.8 Å². The van der Waals surface area contributed by atoms with Gasteiger partial charge in [0.1, 0.15) is 6.04 Å². The predicted molar refractivity (Wildman–Crippen MR) is 91.6 cm³/mol. The van der Waals surface area contributed by atoms with E-state index in [2.05, 4.69) is 5.32 Å². The van der Waals surface area contributed by atoms with E-state index in [0.717, 1.165) is 24.0 Å². The second-order valence-corrected chi connectivity index (χ2v) is 6.74. The van der Waals surface area contributed by atoms with Crippen LogP contribution in [0.15, 0.2) is 24.3 Å². The SMILES string of the molecule is CC(=N)c1ccc(CNC(=O)[C@@H]2CCN2C(=O)[C@H](N)C2CC2)cc1. The molecule has 2 aliphatic rings. The van der Waals surface area contributed by atoms with E-state index in [4.69, 9.17) is 11.1 Å². The molecule has 2 amide bonds. The number of nitrogens with two attached hydrogens (primary N) is 1. The molecular weight excluding hydrogens is 304 g/mol. The highest BCUT2D eigenvalue weighted by Gasteiger charge is 2.43. The third kappa shape index (κ3) is 3.48. The summed E-state index contributed by atoms with van der Waals surface area (Å²) in [5.41, 5.74) is 8.32. The molecule has 0 unspecified atom stereocenters. The van der Waals surface area contributed by atoms with Crippen LogP contribution in [0.25, 0.3) is 0 Å². The molecule has 24 heavy (non-hydrogen) atoms. The maximum atomic E-state index is 12.3. The summed E-state index contributed by atoms with van der Waals surface area (Å²) in [5.74, 6) is 0.0947. The van der Waals surface area contributed by atoms with Crippen LogP contribution in [0, 0.1) is 11.3 Å². The molecule has 2 atom stereocenters. The van der Waals surface area contributed by atoms with E-state index in [9.17, 15) is 9.59 Å². The Morgan fingerprint density at radius 1 is 1.29 bits per heavy atom. The molecule has 6 heteroatoms. The van der Waals surface area contributed by atoms with E-state index in [1.165, 1.54) is 0 Å². The van der Waals surface area contributed by atoms with E-state index in [1.807, 2.05) is 24.3 Å². The van der Waals surface area contributed by atoms with Gasteiger partial charge in [-0.3, -0.25) is 9.59 Å².